The van der Waals surface area contributed by atoms with E-state index in [0.29, 0.717) is 6.42 Å². The van der Waals surface area contributed by atoms with Crippen molar-refractivity contribution in [3.05, 3.63) is 32.7 Å². The Morgan fingerprint density at radius 1 is 1.62 bits per heavy atom. The summed E-state index contributed by atoms with van der Waals surface area (Å²) in [7, 11) is 1.67. The molecule has 0 aliphatic rings. The van der Waals surface area contributed by atoms with Gasteiger partial charge in [-0.2, -0.15) is 0 Å². The summed E-state index contributed by atoms with van der Waals surface area (Å²) in [6.07, 6.45) is 0.694. The Morgan fingerprint density at radius 2 is 2.23 bits per heavy atom. The summed E-state index contributed by atoms with van der Waals surface area (Å²) in [6.45, 7) is 5.82. The molecule has 0 aliphatic heterocycles. The molecule has 0 fully saturated rings. The molecule has 0 unspecified atom stereocenters. The number of hydrogen-bond acceptors (Lipinski definition) is 1. The monoisotopic (exact) mass is 309 g/mol. The molecular weight excluding hydrogens is 298 g/mol. The molecule has 0 spiro atoms. The van der Waals surface area contributed by atoms with Gasteiger partial charge in [-0.15, -0.1) is 0 Å². The van der Waals surface area contributed by atoms with Crippen molar-refractivity contribution in [1.29, 1.82) is 0 Å². The first-order chi connectivity index (χ1) is 6.11. The van der Waals surface area contributed by atoms with E-state index in [2.05, 4.69) is 29.5 Å². The topological polar surface area (TPSA) is 9.23 Å². The Bertz CT molecular complexity index is 323. The third kappa shape index (κ3) is 2.10. The molecule has 3 heteroatoms. The van der Waals surface area contributed by atoms with Crippen molar-refractivity contribution in [2.45, 2.75) is 13.3 Å². The molecule has 0 saturated heterocycles. The first-order valence-electron chi connectivity index (χ1n) is 3.92. The Kier molecular flexibility index (Phi) is 3.86. The summed E-state index contributed by atoms with van der Waals surface area (Å²) in [4.78, 5) is 0. The van der Waals surface area contributed by atoms with E-state index in [-0.39, 0.29) is 0 Å². The van der Waals surface area contributed by atoms with Gasteiger partial charge in [0.2, 0.25) is 0 Å². The highest BCUT2D eigenvalue weighted by molar-refractivity contribution is 14.1. The summed E-state index contributed by atoms with van der Waals surface area (Å²) in [5, 5.41) is 0.781. The average molecular weight is 310 g/mol. The van der Waals surface area contributed by atoms with Crippen LogP contribution in [-0.4, -0.2) is 7.11 Å². The van der Waals surface area contributed by atoms with Gasteiger partial charge in [0.05, 0.1) is 10.7 Å². The number of rotatable bonds is 2. The molecule has 0 N–H and O–H groups in total. The van der Waals surface area contributed by atoms with Crippen LogP contribution in [0, 0.1) is 17.4 Å². The van der Waals surface area contributed by atoms with Crippen LogP contribution in [0.4, 0.5) is 0 Å². The van der Waals surface area contributed by atoms with Crippen LogP contribution in [-0.2, 0) is 6.42 Å². The molecule has 0 amide bonds. The molecule has 0 aromatic heterocycles. The second-order valence-corrected chi connectivity index (χ2v) is 4.23. The minimum Gasteiger partial charge on any atom is -0.495 e. The molecule has 13 heavy (non-hydrogen) atoms. The number of ether oxygens (including phenoxy) is 1. The molecule has 71 valence electrons. The maximum absolute atomic E-state index is 6.04. The summed E-state index contributed by atoms with van der Waals surface area (Å²) >= 11 is 8.28. The fourth-order valence-corrected chi connectivity index (χ4v) is 2.39. The van der Waals surface area contributed by atoms with E-state index >= 15 is 0 Å². The van der Waals surface area contributed by atoms with Crippen molar-refractivity contribution in [3.63, 3.8) is 0 Å². The molecule has 0 aliphatic carbocycles. The standard InChI is InChI=1S/C10H11ClIO/c1-4-7-5-8(11)6(2)9(12)10(7)13-3/h5H,1,4H2,2-3H3. The predicted molar refractivity (Wildman–Crippen MR) is 64.5 cm³/mol. The van der Waals surface area contributed by atoms with E-state index < -0.39 is 0 Å². The fourth-order valence-electron chi connectivity index (χ4n) is 1.15. The molecule has 1 aromatic rings. The van der Waals surface area contributed by atoms with Gasteiger partial charge < -0.3 is 4.74 Å². The summed E-state index contributed by atoms with van der Waals surface area (Å²) in [5.41, 5.74) is 2.12. The second-order valence-electron chi connectivity index (χ2n) is 2.74. The van der Waals surface area contributed by atoms with Crippen molar-refractivity contribution in [2.75, 3.05) is 7.11 Å². The van der Waals surface area contributed by atoms with Gasteiger partial charge in [0, 0.05) is 5.02 Å². The zero-order valence-electron chi connectivity index (χ0n) is 7.66. The zero-order chi connectivity index (χ0) is 10.0. The molecule has 0 heterocycles. The van der Waals surface area contributed by atoms with Gasteiger partial charge in [-0.05, 0) is 60.1 Å². The van der Waals surface area contributed by atoms with Gasteiger partial charge in [-0.3, -0.25) is 0 Å². The van der Waals surface area contributed by atoms with Crippen LogP contribution in [0.15, 0.2) is 6.07 Å². The smallest absolute Gasteiger partial charge is 0.135 e. The fraction of sp³-hybridized carbons (Fsp3) is 0.300. The Balaban J connectivity index is 3.39. The maximum Gasteiger partial charge on any atom is 0.135 e. The molecule has 0 atom stereocenters. The predicted octanol–water partition coefficient (Wildman–Crippen LogP) is 3.64. The minimum atomic E-state index is 0.694. The third-order valence-electron chi connectivity index (χ3n) is 1.95. The van der Waals surface area contributed by atoms with E-state index in [0.717, 1.165) is 25.5 Å². The molecule has 1 radical (unpaired) electrons. The number of halogens is 2. The lowest BCUT2D eigenvalue weighted by Gasteiger charge is -2.12. The highest BCUT2D eigenvalue weighted by Crippen LogP contribution is 2.33. The minimum absolute atomic E-state index is 0.694. The van der Waals surface area contributed by atoms with Gasteiger partial charge in [-0.25, -0.2) is 0 Å². The largest absolute Gasteiger partial charge is 0.495 e. The molecule has 1 rings (SSSR count). The van der Waals surface area contributed by atoms with Crippen molar-refractivity contribution in [3.8, 4) is 5.75 Å². The van der Waals surface area contributed by atoms with Crippen LogP contribution in [0.2, 0.25) is 5.02 Å². The van der Waals surface area contributed by atoms with Crippen LogP contribution < -0.4 is 4.74 Å². The molecule has 1 aromatic carbocycles. The normalized spacial score (nSPS) is 10.2. The van der Waals surface area contributed by atoms with Gasteiger partial charge in [0.25, 0.3) is 0 Å². The van der Waals surface area contributed by atoms with E-state index in [9.17, 15) is 0 Å². The van der Waals surface area contributed by atoms with Crippen LogP contribution >= 0.6 is 34.2 Å². The van der Waals surface area contributed by atoms with Crippen molar-refractivity contribution < 1.29 is 4.74 Å². The zero-order valence-corrected chi connectivity index (χ0v) is 10.6. The third-order valence-corrected chi connectivity index (χ3v) is 3.64. The summed E-state index contributed by atoms with van der Waals surface area (Å²) < 4.78 is 6.37. The van der Waals surface area contributed by atoms with E-state index in [1.54, 1.807) is 7.11 Å². The number of benzene rings is 1. The van der Waals surface area contributed by atoms with Crippen molar-refractivity contribution in [1.82, 2.24) is 0 Å². The molecule has 0 saturated carbocycles. The van der Waals surface area contributed by atoms with Gasteiger partial charge in [-0.1, -0.05) is 11.6 Å². The summed E-state index contributed by atoms with van der Waals surface area (Å²) in [5.74, 6) is 0.900. The number of methoxy groups -OCH3 is 1. The number of hydrogen-bond donors (Lipinski definition) is 0. The Labute approximate surface area is 97.6 Å². The lowest BCUT2D eigenvalue weighted by Crippen LogP contribution is -1.96. The second kappa shape index (κ2) is 4.51. The average Bonchev–Trinajstić information content (AvgIpc) is 2.13. The first-order valence-corrected chi connectivity index (χ1v) is 5.38. The maximum atomic E-state index is 6.04. The lowest BCUT2D eigenvalue weighted by molar-refractivity contribution is 0.407. The SMILES string of the molecule is [CH2]Cc1cc(Cl)c(C)c(I)c1OC. The van der Waals surface area contributed by atoms with Gasteiger partial charge >= 0.3 is 0 Å². The highest BCUT2D eigenvalue weighted by atomic mass is 127. The first kappa shape index (κ1) is 11.1. The van der Waals surface area contributed by atoms with Gasteiger partial charge in [0.15, 0.2) is 0 Å². The molecule has 0 bridgehead atoms. The molecular formula is C10H11ClIO. The lowest BCUT2D eigenvalue weighted by atomic mass is 10.1. The van der Waals surface area contributed by atoms with E-state index in [1.165, 1.54) is 0 Å². The van der Waals surface area contributed by atoms with Gasteiger partial charge in [0.1, 0.15) is 5.75 Å². The molecule has 1 nitrogen and oxygen atoms in total. The van der Waals surface area contributed by atoms with Crippen LogP contribution in [0.5, 0.6) is 5.75 Å². The quantitative estimate of drug-likeness (QED) is 0.758. The van der Waals surface area contributed by atoms with Crippen molar-refractivity contribution >= 4 is 34.2 Å². The summed E-state index contributed by atoms with van der Waals surface area (Å²) in [6, 6.07) is 1.92. The van der Waals surface area contributed by atoms with E-state index in [4.69, 9.17) is 16.3 Å². The van der Waals surface area contributed by atoms with Crippen molar-refractivity contribution in [2.24, 2.45) is 0 Å². The van der Waals surface area contributed by atoms with E-state index in [1.807, 2.05) is 13.0 Å². The van der Waals surface area contributed by atoms with Crippen LogP contribution in [0.1, 0.15) is 11.1 Å². The Morgan fingerprint density at radius 3 is 2.69 bits per heavy atom. The highest BCUT2D eigenvalue weighted by Gasteiger charge is 2.11. The van der Waals surface area contributed by atoms with Crippen LogP contribution in [0.3, 0.4) is 0 Å². The Hall–Kier alpha value is 0.0400. The van der Waals surface area contributed by atoms with Crippen LogP contribution in [0.25, 0.3) is 0 Å².